The molecule has 3 aliphatic carbocycles. The quantitative estimate of drug-likeness (QED) is 0.196. The third-order valence-electron chi connectivity index (χ3n) is 26.6. The van der Waals surface area contributed by atoms with Crippen molar-refractivity contribution in [2.24, 2.45) is 86.6 Å². The van der Waals surface area contributed by atoms with Crippen LogP contribution in [0.25, 0.3) is 0 Å². The third kappa shape index (κ3) is 5.11. The molecule has 3 rings (SSSR count). The van der Waals surface area contributed by atoms with Gasteiger partial charge in [-0.1, -0.05) is 213 Å². The highest BCUT2D eigenvalue weighted by Crippen LogP contribution is 2.87. The Morgan fingerprint density at radius 3 is 1.18 bits per heavy atom. The van der Waals surface area contributed by atoms with Crippen LogP contribution in [0.5, 0.6) is 0 Å². The molecule has 0 radical (unpaired) electrons. The highest BCUT2D eigenvalue weighted by atomic mass is 14.8. The molecule has 0 nitrogen and oxygen atoms in total. The lowest BCUT2D eigenvalue weighted by Gasteiger charge is -2.83. The molecule has 0 heterocycles. The molecule has 0 aromatic heterocycles. The van der Waals surface area contributed by atoms with Crippen LogP contribution in [-0.4, -0.2) is 0 Å². The fourth-order valence-corrected chi connectivity index (χ4v) is 19.3. The van der Waals surface area contributed by atoms with Crippen molar-refractivity contribution in [1.29, 1.82) is 0 Å². The second-order valence-electron chi connectivity index (χ2n) is 27.3. The Morgan fingerprint density at radius 1 is 0.364 bits per heavy atom. The van der Waals surface area contributed by atoms with E-state index in [1.54, 1.807) is 0 Å². The molecule has 3 saturated carbocycles. The predicted molar refractivity (Wildman–Crippen MR) is 249 cm³/mol. The molecule has 0 heteroatoms. The van der Waals surface area contributed by atoms with Crippen molar-refractivity contribution in [2.75, 3.05) is 0 Å². The molecular weight excluding hydrogens is 661 g/mol. The fourth-order valence-electron chi connectivity index (χ4n) is 19.3. The maximum atomic E-state index is 2.87. The Kier molecular flexibility index (Phi) is 11.9. The van der Waals surface area contributed by atoms with Gasteiger partial charge in [-0.05, 0) is 138 Å². The van der Waals surface area contributed by atoms with E-state index < -0.39 is 0 Å². The summed E-state index contributed by atoms with van der Waals surface area (Å²) in [5, 5.41) is 0. The SMILES string of the molecule is CCCC1(C)C[C@@](C)(C(C)(C)[C@@]2(C)C(C)(C)C(C)(CC)C(C)(C)C[C@@]2(C)CC)C(C)(CC)C(C)(C)[C@]1(C)C[C@]1(C)C[C@@](C)(CC)C(C)(C)C(C)(C)C1(C)CC. The fraction of sp³-hybridized carbons (Fsp3) is 1.00. The molecule has 3 fully saturated rings. The largest absolute Gasteiger partial charge is 0.0654 e. The van der Waals surface area contributed by atoms with Crippen molar-refractivity contribution in [3.05, 3.63) is 0 Å². The smallest absolute Gasteiger partial charge is 0.0159 e. The summed E-state index contributed by atoms with van der Waals surface area (Å²) in [6.07, 6.45) is 14.0. The van der Waals surface area contributed by atoms with E-state index in [0.29, 0.717) is 0 Å². The van der Waals surface area contributed by atoms with E-state index >= 15 is 0 Å². The van der Waals surface area contributed by atoms with E-state index in [1.807, 2.05) is 0 Å². The van der Waals surface area contributed by atoms with Gasteiger partial charge in [-0.2, -0.15) is 0 Å². The molecule has 10 atom stereocenters. The average Bonchev–Trinajstić information content (AvgIpc) is 3.06. The zero-order valence-electron chi connectivity index (χ0n) is 43.8. The van der Waals surface area contributed by atoms with Gasteiger partial charge in [0.15, 0.2) is 0 Å². The van der Waals surface area contributed by atoms with Crippen molar-refractivity contribution < 1.29 is 0 Å². The van der Waals surface area contributed by atoms with Gasteiger partial charge in [0.25, 0.3) is 0 Å². The van der Waals surface area contributed by atoms with E-state index in [0.717, 1.165) is 0 Å². The highest BCUT2D eigenvalue weighted by molar-refractivity contribution is 5.28. The van der Waals surface area contributed by atoms with Gasteiger partial charge < -0.3 is 0 Å². The Bertz CT molecular complexity index is 1420. The van der Waals surface area contributed by atoms with Gasteiger partial charge in [0.05, 0.1) is 0 Å². The first-order chi connectivity index (χ1) is 24.2. The van der Waals surface area contributed by atoms with E-state index in [2.05, 4.69) is 194 Å². The minimum Gasteiger partial charge on any atom is -0.0654 e. The Labute approximate surface area is 349 Å². The van der Waals surface area contributed by atoms with Crippen LogP contribution in [-0.2, 0) is 0 Å². The Morgan fingerprint density at radius 2 is 0.800 bits per heavy atom. The van der Waals surface area contributed by atoms with E-state index in [1.165, 1.54) is 70.6 Å². The van der Waals surface area contributed by atoms with Crippen LogP contribution in [0.2, 0.25) is 0 Å². The summed E-state index contributed by atoms with van der Waals surface area (Å²) in [5.41, 5.74) is 2.74. The first-order valence-corrected chi connectivity index (χ1v) is 24.2. The van der Waals surface area contributed by atoms with Gasteiger partial charge in [0.2, 0.25) is 0 Å². The maximum absolute atomic E-state index is 2.87. The van der Waals surface area contributed by atoms with Crippen molar-refractivity contribution in [3.63, 3.8) is 0 Å². The Balaban J connectivity index is 2.51. The van der Waals surface area contributed by atoms with E-state index in [4.69, 9.17) is 0 Å². The predicted octanol–water partition coefficient (Wildman–Crippen LogP) is 18.7. The second-order valence-corrected chi connectivity index (χ2v) is 27.3. The molecule has 0 amide bonds. The van der Waals surface area contributed by atoms with Crippen molar-refractivity contribution in [1.82, 2.24) is 0 Å². The molecule has 4 unspecified atom stereocenters. The summed E-state index contributed by atoms with van der Waals surface area (Å²) >= 11 is 0. The van der Waals surface area contributed by atoms with Crippen molar-refractivity contribution in [3.8, 4) is 0 Å². The van der Waals surface area contributed by atoms with Crippen molar-refractivity contribution >= 4 is 0 Å². The first-order valence-electron chi connectivity index (χ1n) is 24.2. The normalized spacial score (nSPS) is 49.1. The van der Waals surface area contributed by atoms with Crippen LogP contribution in [0.15, 0.2) is 0 Å². The van der Waals surface area contributed by atoms with Gasteiger partial charge in [-0.15, -0.1) is 0 Å². The molecule has 0 spiro atoms. The third-order valence-corrected chi connectivity index (χ3v) is 26.6. The van der Waals surface area contributed by atoms with Gasteiger partial charge in [0, 0.05) is 0 Å². The minimum atomic E-state index is 0.0546. The molecule has 0 aromatic carbocycles. The van der Waals surface area contributed by atoms with Crippen LogP contribution in [0.4, 0.5) is 0 Å². The zero-order valence-corrected chi connectivity index (χ0v) is 43.8. The maximum Gasteiger partial charge on any atom is -0.0159 e. The summed E-state index contributed by atoms with van der Waals surface area (Å²) in [7, 11) is 0. The molecule has 0 saturated heterocycles. The van der Waals surface area contributed by atoms with Crippen LogP contribution in [0.3, 0.4) is 0 Å². The van der Waals surface area contributed by atoms with Crippen LogP contribution in [0, 0.1) is 86.6 Å². The topological polar surface area (TPSA) is 0 Å². The summed E-state index contributed by atoms with van der Waals surface area (Å²) in [4.78, 5) is 0. The molecule has 0 bridgehead atoms. The molecule has 0 aliphatic heterocycles. The highest BCUT2D eigenvalue weighted by Gasteiger charge is 2.80. The van der Waals surface area contributed by atoms with Gasteiger partial charge in [-0.25, -0.2) is 0 Å². The molecule has 0 N–H and O–H groups in total. The van der Waals surface area contributed by atoms with E-state index in [9.17, 15) is 0 Å². The lowest BCUT2D eigenvalue weighted by molar-refractivity contribution is -0.349. The summed E-state index contributed by atoms with van der Waals surface area (Å²) in [5.74, 6) is 0. The zero-order chi connectivity index (χ0) is 43.8. The number of hydrogen-bond donors (Lipinski definition) is 0. The Hall–Kier alpha value is 0. The van der Waals surface area contributed by atoms with Gasteiger partial charge in [0.1, 0.15) is 0 Å². The first kappa shape index (κ1) is 49.4. The number of hydrogen-bond acceptors (Lipinski definition) is 0. The average molecular weight is 767 g/mol. The number of rotatable bonds is 11. The summed E-state index contributed by atoms with van der Waals surface area (Å²) < 4.78 is 0. The molecule has 3 aliphatic rings. The molecule has 0 aromatic rings. The standard InChI is InChI=1S/C55H106/c1-29-35-48(21)38-54(27,45(17,18)55(28)44(15,16)50(23,32-4)40(7,8)36-47(55,20)31-3)52(25,34-6)43(13,14)53(48,26)39-49(22)37-46(19,30-2)41(9,10)42(11,12)51(49,24)33-5/h29-39H2,1-28H3/t46-,47-,48?,49+,50?,51?,52?,53+,54+,55-/m1/s1. The summed E-state index contributed by atoms with van der Waals surface area (Å²) in [6.45, 7) is 75.8. The molecule has 326 valence electrons. The minimum absolute atomic E-state index is 0.0546. The molecule has 55 heavy (non-hydrogen) atoms. The van der Waals surface area contributed by atoms with Crippen molar-refractivity contribution in [2.45, 2.75) is 264 Å². The molecular formula is C55H106. The van der Waals surface area contributed by atoms with Gasteiger partial charge in [-0.3, -0.25) is 0 Å². The second kappa shape index (κ2) is 13.2. The van der Waals surface area contributed by atoms with Crippen LogP contribution < -0.4 is 0 Å². The van der Waals surface area contributed by atoms with Gasteiger partial charge >= 0.3 is 0 Å². The van der Waals surface area contributed by atoms with E-state index in [-0.39, 0.29) is 86.6 Å². The monoisotopic (exact) mass is 767 g/mol. The van der Waals surface area contributed by atoms with Crippen LogP contribution >= 0.6 is 0 Å². The lowest BCUT2D eigenvalue weighted by Crippen LogP contribution is -2.76. The summed E-state index contributed by atoms with van der Waals surface area (Å²) in [6, 6.07) is 0. The van der Waals surface area contributed by atoms with Crippen LogP contribution in [0.1, 0.15) is 264 Å². The lowest BCUT2D eigenvalue weighted by atomic mass is 9.21.